The van der Waals surface area contributed by atoms with Crippen molar-refractivity contribution in [3.63, 3.8) is 0 Å². The third kappa shape index (κ3) is 5.34. The summed E-state index contributed by atoms with van der Waals surface area (Å²) in [6.45, 7) is 1.07. The molecule has 2 aromatic carbocycles. The lowest BCUT2D eigenvalue weighted by atomic mass is 9.97. The van der Waals surface area contributed by atoms with E-state index in [0.717, 1.165) is 18.4 Å². The number of benzene rings is 2. The lowest BCUT2D eigenvalue weighted by molar-refractivity contribution is -0.117. The van der Waals surface area contributed by atoms with Gasteiger partial charge in [-0.25, -0.2) is 9.97 Å². The van der Waals surface area contributed by atoms with E-state index in [-0.39, 0.29) is 16.9 Å². The summed E-state index contributed by atoms with van der Waals surface area (Å²) in [5.74, 6) is 0.547. The Bertz CT molecular complexity index is 1450. The molecule has 5 rings (SSSR count). The van der Waals surface area contributed by atoms with Crippen molar-refractivity contribution in [3.8, 4) is 11.5 Å². The van der Waals surface area contributed by atoms with Crippen molar-refractivity contribution >= 4 is 39.9 Å². The second-order valence-corrected chi connectivity index (χ2v) is 9.52. The quantitative estimate of drug-likeness (QED) is 0.282. The smallest absolute Gasteiger partial charge is 0.222 e. The van der Waals surface area contributed by atoms with Gasteiger partial charge in [-0.15, -0.1) is 0 Å². The first-order chi connectivity index (χ1) is 18.4. The standard InChI is InChI=1S/C28H26ClN3O6/c1-35-9-10-37-26-13-20-19(11-25(26)36-2)27(31-16-30-20)32-21-12-23(34)24(14-22(21)33)38-15-28(7-8-28)17-3-5-18(29)6-4-17/h3-6,11-14,16H,7-10,15H2,1-2H3,(H,30,31,32). The lowest BCUT2D eigenvalue weighted by Crippen LogP contribution is -2.23. The van der Waals surface area contributed by atoms with E-state index in [1.54, 1.807) is 19.2 Å². The van der Waals surface area contributed by atoms with Crippen molar-refractivity contribution in [1.82, 2.24) is 9.97 Å². The Balaban J connectivity index is 1.30. The molecule has 0 amide bonds. The summed E-state index contributed by atoms with van der Waals surface area (Å²) in [6, 6.07) is 11.1. The molecule has 0 spiro atoms. The number of fused-ring (bicyclic) bond motifs is 1. The number of nitrogens with one attached hydrogen (secondary N) is 1. The second kappa shape index (κ2) is 10.8. The number of carbonyl (C=O) groups is 2. The van der Waals surface area contributed by atoms with Crippen LogP contribution in [-0.4, -0.2) is 55.6 Å². The zero-order chi connectivity index (χ0) is 26.7. The van der Waals surface area contributed by atoms with Gasteiger partial charge in [-0.1, -0.05) is 23.7 Å². The summed E-state index contributed by atoms with van der Waals surface area (Å²) in [5, 5.41) is 4.23. The first-order valence-corrected chi connectivity index (χ1v) is 12.4. The predicted molar refractivity (Wildman–Crippen MR) is 142 cm³/mol. The molecule has 2 aliphatic rings. The Morgan fingerprint density at radius 1 is 0.947 bits per heavy atom. The number of hydrogen-bond donors (Lipinski definition) is 1. The molecular weight excluding hydrogens is 510 g/mol. The summed E-state index contributed by atoms with van der Waals surface area (Å²) in [5.41, 5.74) is 1.60. The van der Waals surface area contributed by atoms with E-state index in [9.17, 15) is 9.59 Å². The van der Waals surface area contributed by atoms with Crippen molar-refractivity contribution in [2.75, 3.05) is 39.4 Å². The van der Waals surface area contributed by atoms with Crippen LogP contribution in [0.3, 0.4) is 0 Å². The lowest BCUT2D eigenvalue weighted by Gasteiger charge is -2.20. The molecule has 2 aliphatic carbocycles. The van der Waals surface area contributed by atoms with Crippen LogP contribution in [0.25, 0.3) is 10.9 Å². The molecule has 196 valence electrons. The maximum Gasteiger partial charge on any atom is 0.222 e. The van der Waals surface area contributed by atoms with E-state index >= 15 is 0 Å². The van der Waals surface area contributed by atoms with E-state index in [2.05, 4.69) is 15.3 Å². The molecule has 10 heteroatoms. The van der Waals surface area contributed by atoms with Crippen molar-refractivity contribution in [1.29, 1.82) is 0 Å². The average Bonchev–Trinajstić information content (AvgIpc) is 3.71. The molecule has 0 bridgehead atoms. The summed E-state index contributed by atoms with van der Waals surface area (Å²) < 4.78 is 22.1. The van der Waals surface area contributed by atoms with Gasteiger partial charge in [0.2, 0.25) is 11.6 Å². The monoisotopic (exact) mass is 535 g/mol. The number of aromatic nitrogens is 2. The Hall–Kier alpha value is -3.95. The molecule has 0 aliphatic heterocycles. The van der Waals surface area contributed by atoms with Gasteiger partial charge in [-0.3, -0.25) is 9.59 Å². The minimum absolute atomic E-state index is 0.0212. The predicted octanol–water partition coefficient (Wildman–Crippen LogP) is 4.40. The van der Waals surface area contributed by atoms with Crippen LogP contribution in [0.1, 0.15) is 18.4 Å². The Morgan fingerprint density at radius 3 is 2.45 bits per heavy atom. The Kier molecular flexibility index (Phi) is 7.31. The third-order valence-electron chi connectivity index (χ3n) is 6.58. The van der Waals surface area contributed by atoms with Gasteiger partial charge in [-0.2, -0.15) is 0 Å². The topological polar surface area (TPSA) is 109 Å². The maximum absolute atomic E-state index is 12.9. The number of carbonyl (C=O) groups excluding carboxylic acids is 2. The van der Waals surface area contributed by atoms with Gasteiger partial charge in [0.15, 0.2) is 17.3 Å². The van der Waals surface area contributed by atoms with Crippen LogP contribution in [0.4, 0.5) is 5.82 Å². The van der Waals surface area contributed by atoms with Crippen molar-refractivity contribution in [2.24, 2.45) is 0 Å². The molecule has 1 aromatic heterocycles. The minimum Gasteiger partial charge on any atom is -0.493 e. The molecular formula is C28H26ClN3O6. The van der Waals surface area contributed by atoms with Crippen LogP contribution in [0.2, 0.25) is 5.02 Å². The van der Waals surface area contributed by atoms with E-state index in [0.29, 0.717) is 53.1 Å². The van der Waals surface area contributed by atoms with Gasteiger partial charge in [0.1, 0.15) is 18.8 Å². The highest BCUT2D eigenvalue weighted by Crippen LogP contribution is 2.49. The summed E-state index contributed by atoms with van der Waals surface area (Å²) in [4.78, 5) is 34.3. The number of ether oxygens (including phenoxy) is 4. The number of allylic oxidation sites excluding steroid dienone is 2. The average molecular weight is 536 g/mol. The van der Waals surface area contributed by atoms with Crippen LogP contribution in [0, 0.1) is 0 Å². The van der Waals surface area contributed by atoms with Crippen molar-refractivity contribution in [3.05, 3.63) is 76.9 Å². The SMILES string of the molecule is COCCOc1cc2ncnc(NC3=CC(=O)C(OCC4(c5ccc(Cl)cc5)CC4)=CC3=O)c2cc1OC. The highest BCUT2D eigenvalue weighted by molar-refractivity contribution is 6.30. The first-order valence-electron chi connectivity index (χ1n) is 12.0. The number of methoxy groups -OCH3 is 2. The fourth-order valence-corrected chi connectivity index (χ4v) is 4.36. The number of rotatable bonds is 11. The molecule has 1 heterocycles. The van der Waals surface area contributed by atoms with Gasteiger partial charge < -0.3 is 24.3 Å². The second-order valence-electron chi connectivity index (χ2n) is 9.08. The fraction of sp³-hybridized carbons (Fsp3) is 0.286. The number of ketones is 2. The first kappa shape index (κ1) is 25.7. The zero-order valence-corrected chi connectivity index (χ0v) is 21.7. The minimum atomic E-state index is -0.399. The zero-order valence-electron chi connectivity index (χ0n) is 21.0. The van der Waals surface area contributed by atoms with E-state index in [4.69, 9.17) is 30.5 Å². The number of anilines is 1. The van der Waals surface area contributed by atoms with E-state index in [1.807, 2.05) is 24.3 Å². The molecule has 3 aromatic rings. The molecule has 0 unspecified atom stereocenters. The normalized spacial score (nSPS) is 16.1. The molecule has 0 radical (unpaired) electrons. The van der Waals surface area contributed by atoms with E-state index < -0.39 is 11.6 Å². The number of halogens is 1. The van der Waals surface area contributed by atoms with Crippen LogP contribution in [0.5, 0.6) is 11.5 Å². The number of nitrogens with zero attached hydrogens (tertiary/aromatic N) is 2. The largest absolute Gasteiger partial charge is 0.493 e. The summed E-state index contributed by atoms with van der Waals surface area (Å²) in [6.07, 6.45) is 5.69. The highest BCUT2D eigenvalue weighted by atomic mass is 35.5. The van der Waals surface area contributed by atoms with Crippen LogP contribution < -0.4 is 14.8 Å². The van der Waals surface area contributed by atoms with Gasteiger partial charge >= 0.3 is 0 Å². The molecule has 9 nitrogen and oxygen atoms in total. The van der Waals surface area contributed by atoms with Crippen LogP contribution in [-0.2, 0) is 24.5 Å². The molecule has 1 saturated carbocycles. The molecule has 1 N–H and O–H groups in total. The summed E-state index contributed by atoms with van der Waals surface area (Å²) in [7, 11) is 3.12. The van der Waals surface area contributed by atoms with Crippen molar-refractivity contribution in [2.45, 2.75) is 18.3 Å². The van der Waals surface area contributed by atoms with Crippen molar-refractivity contribution < 1.29 is 28.5 Å². The maximum atomic E-state index is 12.9. The molecule has 1 fully saturated rings. The highest BCUT2D eigenvalue weighted by Gasteiger charge is 2.45. The third-order valence-corrected chi connectivity index (χ3v) is 6.83. The van der Waals surface area contributed by atoms with Crippen LogP contribution >= 0.6 is 11.6 Å². The van der Waals surface area contributed by atoms with Gasteiger partial charge in [0, 0.05) is 41.2 Å². The molecule has 38 heavy (non-hydrogen) atoms. The molecule has 0 atom stereocenters. The van der Waals surface area contributed by atoms with Gasteiger partial charge in [-0.05, 0) is 36.6 Å². The Morgan fingerprint density at radius 2 is 1.74 bits per heavy atom. The number of hydrogen-bond acceptors (Lipinski definition) is 9. The van der Waals surface area contributed by atoms with E-state index in [1.165, 1.54) is 25.6 Å². The van der Waals surface area contributed by atoms with Crippen LogP contribution in [0.15, 0.2) is 66.3 Å². The van der Waals surface area contributed by atoms with Gasteiger partial charge in [0.05, 0.1) is 31.5 Å². The van der Waals surface area contributed by atoms with Gasteiger partial charge in [0.25, 0.3) is 0 Å². The summed E-state index contributed by atoms with van der Waals surface area (Å²) >= 11 is 6.01. The fourth-order valence-electron chi connectivity index (χ4n) is 4.24. The molecule has 0 saturated heterocycles. The Labute approximate surface area is 224 Å².